The first kappa shape index (κ1) is 23.2. The summed E-state index contributed by atoms with van der Waals surface area (Å²) in [6, 6.07) is 11.4. The van der Waals surface area contributed by atoms with Crippen LogP contribution < -0.4 is 15.1 Å². The van der Waals surface area contributed by atoms with E-state index in [-0.39, 0.29) is 16.2 Å². The van der Waals surface area contributed by atoms with Crippen molar-refractivity contribution in [2.75, 3.05) is 16.8 Å². The Hall–Kier alpha value is -2.96. The number of anilines is 2. The van der Waals surface area contributed by atoms with Crippen molar-refractivity contribution < 1.29 is 9.59 Å². The number of allylic oxidation sites excluding steroid dienone is 1. The van der Waals surface area contributed by atoms with Gasteiger partial charge in [0.05, 0.1) is 11.2 Å². The number of hydrogen-bond acceptors (Lipinski definition) is 4. The Morgan fingerprint density at radius 2 is 1.82 bits per heavy atom. The molecule has 0 aromatic heterocycles. The van der Waals surface area contributed by atoms with Gasteiger partial charge in [-0.05, 0) is 86.5 Å². The maximum atomic E-state index is 13.4. The van der Waals surface area contributed by atoms with Gasteiger partial charge in [-0.15, -0.1) is 0 Å². The minimum Gasteiger partial charge on any atom is -0.365 e. The number of thiocarbonyl (C=S) groups is 1. The Kier molecular flexibility index (Phi) is 5.93. The van der Waals surface area contributed by atoms with Crippen molar-refractivity contribution in [3.8, 4) is 0 Å². The van der Waals surface area contributed by atoms with Gasteiger partial charge in [-0.1, -0.05) is 36.7 Å². The van der Waals surface area contributed by atoms with Crippen molar-refractivity contribution in [2.24, 2.45) is 0 Å². The van der Waals surface area contributed by atoms with Gasteiger partial charge in [0, 0.05) is 23.3 Å². The maximum Gasteiger partial charge on any atom is 0.270 e. The van der Waals surface area contributed by atoms with Gasteiger partial charge in [0.25, 0.3) is 11.8 Å². The molecule has 33 heavy (non-hydrogen) atoms. The van der Waals surface area contributed by atoms with E-state index < -0.39 is 11.8 Å². The van der Waals surface area contributed by atoms with E-state index in [1.165, 1.54) is 4.90 Å². The summed E-state index contributed by atoms with van der Waals surface area (Å²) < 4.78 is 0. The SMILES string of the molecule is CCc1ccc(N2C(=O)/C(=C\c3cc4c(cc3Cl)N(C)C(C)(C)C=C4C)C(=O)NC2=S)cc1. The van der Waals surface area contributed by atoms with Gasteiger partial charge in [0.2, 0.25) is 0 Å². The zero-order valence-corrected chi connectivity index (χ0v) is 20.9. The molecule has 0 bridgehead atoms. The molecule has 7 heteroatoms. The Balaban J connectivity index is 1.76. The number of fused-ring (bicyclic) bond motifs is 1. The van der Waals surface area contributed by atoms with Crippen LogP contribution >= 0.6 is 23.8 Å². The number of carbonyl (C=O) groups excluding carboxylic acids is 2. The molecular formula is C26H26ClN3O2S. The number of benzene rings is 2. The second-order valence-electron chi connectivity index (χ2n) is 8.91. The Morgan fingerprint density at radius 1 is 1.15 bits per heavy atom. The number of aryl methyl sites for hydroxylation is 1. The van der Waals surface area contributed by atoms with Gasteiger partial charge in [-0.25, -0.2) is 0 Å². The molecule has 0 aliphatic carbocycles. The minimum absolute atomic E-state index is 0.0175. The zero-order chi connectivity index (χ0) is 24.1. The monoisotopic (exact) mass is 479 g/mol. The molecule has 0 spiro atoms. The fraction of sp³-hybridized carbons (Fsp3) is 0.269. The molecule has 2 amide bonds. The summed E-state index contributed by atoms with van der Waals surface area (Å²) in [7, 11) is 2.02. The molecule has 0 atom stereocenters. The average Bonchev–Trinajstić information content (AvgIpc) is 2.75. The zero-order valence-electron chi connectivity index (χ0n) is 19.3. The molecule has 1 saturated heterocycles. The van der Waals surface area contributed by atoms with Crippen LogP contribution in [-0.4, -0.2) is 29.5 Å². The van der Waals surface area contributed by atoms with E-state index in [2.05, 4.69) is 44.0 Å². The second kappa shape index (κ2) is 8.43. The molecule has 0 radical (unpaired) electrons. The number of nitrogens with one attached hydrogen (secondary N) is 1. The van der Waals surface area contributed by atoms with Gasteiger partial charge in [-0.3, -0.25) is 19.8 Å². The van der Waals surface area contributed by atoms with Crippen LogP contribution in [-0.2, 0) is 16.0 Å². The fourth-order valence-electron chi connectivity index (χ4n) is 4.23. The van der Waals surface area contributed by atoms with E-state index in [9.17, 15) is 9.59 Å². The Morgan fingerprint density at radius 3 is 2.45 bits per heavy atom. The predicted molar refractivity (Wildman–Crippen MR) is 140 cm³/mol. The normalized spacial score (nSPS) is 18.9. The molecular weight excluding hydrogens is 454 g/mol. The largest absolute Gasteiger partial charge is 0.365 e. The van der Waals surface area contributed by atoms with Crippen LogP contribution in [0.4, 0.5) is 11.4 Å². The van der Waals surface area contributed by atoms with E-state index in [0.29, 0.717) is 16.3 Å². The molecule has 2 aromatic carbocycles. The number of amides is 2. The number of hydrogen-bond donors (Lipinski definition) is 1. The quantitative estimate of drug-likeness (QED) is 0.365. The maximum absolute atomic E-state index is 13.4. The molecule has 2 aliphatic rings. The summed E-state index contributed by atoms with van der Waals surface area (Å²) in [6.45, 7) is 8.39. The summed E-state index contributed by atoms with van der Waals surface area (Å²) in [6.07, 6.45) is 4.62. The van der Waals surface area contributed by atoms with Crippen LogP contribution in [0, 0.1) is 0 Å². The van der Waals surface area contributed by atoms with Crippen LogP contribution in [0.5, 0.6) is 0 Å². The molecule has 2 aliphatic heterocycles. The highest BCUT2D eigenvalue weighted by molar-refractivity contribution is 7.80. The predicted octanol–water partition coefficient (Wildman–Crippen LogP) is 5.37. The van der Waals surface area contributed by atoms with Crippen molar-refractivity contribution in [1.82, 2.24) is 5.32 Å². The highest BCUT2D eigenvalue weighted by Crippen LogP contribution is 2.41. The first-order valence-corrected chi connectivity index (χ1v) is 11.6. The second-order valence-corrected chi connectivity index (χ2v) is 9.70. The summed E-state index contributed by atoms with van der Waals surface area (Å²) in [4.78, 5) is 29.6. The average molecular weight is 480 g/mol. The fourth-order valence-corrected chi connectivity index (χ4v) is 4.72. The highest BCUT2D eigenvalue weighted by atomic mass is 35.5. The number of carbonyl (C=O) groups is 2. The van der Waals surface area contributed by atoms with E-state index in [4.69, 9.17) is 23.8 Å². The minimum atomic E-state index is -0.536. The lowest BCUT2D eigenvalue weighted by Crippen LogP contribution is -2.54. The summed E-state index contributed by atoms with van der Waals surface area (Å²) in [5.74, 6) is -1.02. The van der Waals surface area contributed by atoms with Crippen LogP contribution in [0.15, 0.2) is 48.0 Å². The lowest BCUT2D eigenvalue weighted by Gasteiger charge is -2.40. The third-order valence-corrected chi connectivity index (χ3v) is 6.95. The Bertz CT molecular complexity index is 1240. The lowest BCUT2D eigenvalue weighted by atomic mass is 9.88. The number of nitrogens with zero attached hydrogens (tertiary/aromatic N) is 2. The number of halogens is 1. The smallest absolute Gasteiger partial charge is 0.270 e. The summed E-state index contributed by atoms with van der Waals surface area (Å²) in [5, 5.41) is 3.16. The Labute approximate surface area is 204 Å². The first-order chi connectivity index (χ1) is 15.5. The molecule has 170 valence electrons. The summed E-state index contributed by atoms with van der Waals surface area (Å²) >= 11 is 11.9. The molecule has 0 saturated carbocycles. The highest BCUT2D eigenvalue weighted by Gasteiger charge is 2.35. The van der Waals surface area contributed by atoms with Gasteiger partial charge in [0.1, 0.15) is 5.57 Å². The van der Waals surface area contributed by atoms with Gasteiger partial charge in [-0.2, -0.15) is 0 Å². The van der Waals surface area contributed by atoms with Crippen LogP contribution in [0.1, 0.15) is 44.4 Å². The van der Waals surface area contributed by atoms with Crippen molar-refractivity contribution in [3.05, 3.63) is 69.8 Å². The molecule has 2 aromatic rings. The van der Waals surface area contributed by atoms with Crippen LogP contribution in [0.25, 0.3) is 11.6 Å². The molecule has 1 N–H and O–H groups in total. The third-order valence-electron chi connectivity index (χ3n) is 6.34. The summed E-state index contributed by atoms with van der Waals surface area (Å²) in [5.41, 5.74) is 5.31. The molecule has 0 unspecified atom stereocenters. The molecule has 5 nitrogen and oxygen atoms in total. The molecule has 1 fully saturated rings. The van der Waals surface area contributed by atoms with E-state index in [1.807, 2.05) is 43.4 Å². The van der Waals surface area contributed by atoms with Gasteiger partial charge in [0.15, 0.2) is 5.11 Å². The van der Waals surface area contributed by atoms with Crippen LogP contribution in [0.3, 0.4) is 0 Å². The number of rotatable bonds is 3. The van der Waals surface area contributed by atoms with Crippen molar-refractivity contribution in [2.45, 2.75) is 39.7 Å². The van der Waals surface area contributed by atoms with Crippen molar-refractivity contribution >= 4 is 63.8 Å². The topological polar surface area (TPSA) is 52.7 Å². The lowest BCUT2D eigenvalue weighted by molar-refractivity contribution is -0.122. The van der Waals surface area contributed by atoms with E-state index >= 15 is 0 Å². The standard InChI is InChI=1S/C26H26ClN3O2S/c1-6-16-7-9-18(10-8-16)30-24(32)20(23(31)28-25(30)33)12-17-11-19-15(2)14-26(3,4)29(5)22(19)13-21(17)27/h7-14H,6H2,1-5H3,(H,28,31,33)/b20-12-. The van der Waals surface area contributed by atoms with E-state index in [0.717, 1.165) is 28.8 Å². The van der Waals surface area contributed by atoms with Gasteiger partial charge < -0.3 is 4.90 Å². The van der Waals surface area contributed by atoms with Gasteiger partial charge >= 0.3 is 0 Å². The molecule has 4 rings (SSSR count). The van der Waals surface area contributed by atoms with Crippen molar-refractivity contribution in [1.29, 1.82) is 0 Å². The number of likely N-dealkylation sites (N-methyl/N-ethyl adjacent to an activating group) is 1. The molecule has 2 heterocycles. The first-order valence-electron chi connectivity index (χ1n) is 10.8. The van der Waals surface area contributed by atoms with Crippen LogP contribution in [0.2, 0.25) is 5.02 Å². The van der Waals surface area contributed by atoms with E-state index in [1.54, 1.807) is 6.08 Å². The van der Waals surface area contributed by atoms with Crippen molar-refractivity contribution in [3.63, 3.8) is 0 Å². The third kappa shape index (κ3) is 4.09.